The Bertz CT molecular complexity index is 223. The summed E-state index contributed by atoms with van der Waals surface area (Å²) in [5, 5.41) is 0. The average Bonchev–Trinajstić information content (AvgIpc) is 2.04. The van der Waals surface area contributed by atoms with Crippen LogP contribution in [0.1, 0.15) is 17.5 Å². The van der Waals surface area contributed by atoms with Crippen LogP contribution in [-0.4, -0.2) is 6.29 Å². The van der Waals surface area contributed by atoms with Crippen LogP contribution in [-0.2, 0) is 11.2 Å². The van der Waals surface area contributed by atoms with E-state index < -0.39 is 0 Å². The van der Waals surface area contributed by atoms with Crippen molar-refractivity contribution in [2.75, 3.05) is 0 Å². The van der Waals surface area contributed by atoms with E-state index in [1.165, 1.54) is 11.1 Å². The van der Waals surface area contributed by atoms with Gasteiger partial charge in [0.15, 0.2) is 6.29 Å². The van der Waals surface area contributed by atoms with Gasteiger partial charge in [0.2, 0.25) is 0 Å². The van der Waals surface area contributed by atoms with Crippen LogP contribution < -0.4 is 0 Å². The molecule has 1 rings (SSSR count). The van der Waals surface area contributed by atoms with Crippen LogP contribution in [0.4, 0.5) is 0 Å². The Balaban J connectivity index is 2.58. The molecule has 0 spiro atoms. The molecule has 0 saturated heterocycles. The van der Waals surface area contributed by atoms with Gasteiger partial charge in [0.1, 0.15) is 0 Å². The summed E-state index contributed by atoms with van der Waals surface area (Å²) in [7, 11) is 0. The Morgan fingerprint density at radius 3 is 2.45 bits per heavy atom. The molecule has 0 fully saturated rings. The first-order valence-electron chi connectivity index (χ1n) is 3.73. The van der Waals surface area contributed by atoms with Crippen LogP contribution in [0.25, 0.3) is 0 Å². The van der Waals surface area contributed by atoms with E-state index in [4.69, 9.17) is 0 Å². The van der Waals surface area contributed by atoms with Gasteiger partial charge in [-0.25, -0.2) is 0 Å². The highest BCUT2D eigenvalue weighted by Crippen LogP contribution is 2.04. The fraction of sp³-hybridized carbons (Fsp3) is 0.300. The first-order valence-corrected chi connectivity index (χ1v) is 3.73. The van der Waals surface area contributed by atoms with E-state index in [1.54, 1.807) is 0 Å². The van der Waals surface area contributed by atoms with E-state index in [0.717, 1.165) is 6.42 Å². The zero-order valence-electron chi connectivity index (χ0n) is 6.63. The molecule has 1 aromatic carbocycles. The summed E-state index contributed by atoms with van der Waals surface area (Å²) < 4.78 is 0. The fourth-order valence-electron chi connectivity index (χ4n) is 0.950. The van der Waals surface area contributed by atoms with Gasteiger partial charge in [0.25, 0.3) is 0 Å². The fourth-order valence-corrected chi connectivity index (χ4v) is 0.950. The molecule has 0 aromatic heterocycles. The van der Waals surface area contributed by atoms with E-state index >= 15 is 0 Å². The van der Waals surface area contributed by atoms with Gasteiger partial charge < -0.3 is 0 Å². The quantitative estimate of drug-likeness (QED) is 0.639. The van der Waals surface area contributed by atoms with Crippen LogP contribution in [0.5, 0.6) is 0 Å². The van der Waals surface area contributed by atoms with Gasteiger partial charge in [-0.2, -0.15) is 0 Å². The van der Waals surface area contributed by atoms with Gasteiger partial charge >= 0.3 is 0 Å². The summed E-state index contributed by atoms with van der Waals surface area (Å²) in [6, 6.07) is 8.21. The lowest BCUT2D eigenvalue weighted by Gasteiger charge is -1.96. The van der Waals surface area contributed by atoms with Gasteiger partial charge in [-0.1, -0.05) is 29.8 Å². The molecular formula is C10H11O. The minimum Gasteiger partial charge on any atom is -0.291 e. The van der Waals surface area contributed by atoms with Gasteiger partial charge in [0, 0.05) is 6.42 Å². The van der Waals surface area contributed by atoms with Gasteiger partial charge in [-0.15, -0.1) is 0 Å². The molecule has 1 radical (unpaired) electrons. The zero-order chi connectivity index (χ0) is 8.10. The van der Waals surface area contributed by atoms with Gasteiger partial charge in [-0.05, 0) is 18.9 Å². The Morgan fingerprint density at radius 2 is 1.91 bits per heavy atom. The third-order valence-corrected chi connectivity index (χ3v) is 1.64. The topological polar surface area (TPSA) is 17.1 Å². The Hall–Kier alpha value is -1.11. The normalized spacial score (nSPS) is 9.55. The lowest BCUT2D eigenvalue weighted by molar-refractivity contribution is 0.551. The minimum atomic E-state index is 0.503. The zero-order valence-corrected chi connectivity index (χ0v) is 6.63. The standard InChI is InChI=1S/C10H11O/c1-9-4-6-10(7-5-9)3-2-8-11/h4-7H,2-3H2,1H3. The van der Waals surface area contributed by atoms with Crippen LogP contribution in [0.15, 0.2) is 24.3 Å². The molecule has 1 aromatic rings. The maximum atomic E-state index is 9.92. The molecule has 0 atom stereocenters. The second-order valence-electron chi connectivity index (χ2n) is 2.63. The maximum absolute atomic E-state index is 9.92. The Labute approximate surface area is 67.1 Å². The maximum Gasteiger partial charge on any atom is 0.198 e. The van der Waals surface area contributed by atoms with Crippen molar-refractivity contribution in [3.63, 3.8) is 0 Å². The monoisotopic (exact) mass is 147 g/mol. The van der Waals surface area contributed by atoms with E-state index in [1.807, 2.05) is 18.4 Å². The second kappa shape index (κ2) is 3.91. The molecule has 0 saturated carbocycles. The number of rotatable bonds is 3. The first-order chi connectivity index (χ1) is 5.33. The molecule has 57 valence electrons. The van der Waals surface area contributed by atoms with E-state index in [0.29, 0.717) is 6.42 Å². The number of hydrogen-bond donors (Lipinski definition) is 0. The molecule has 1 nitrogen and oxygen atoms in total. The number of benzene rings is 1. The third kappa shape index (κ3) is 2.54. The van der Waals surface area contributed by atoms with Crippen molar-refractivity contribution >= 4 is 6.29 Å². The predicted molar refractivity (Wildman–Crippen MR) is 45.2 cm³/mol. The highest BCUT2D eigenvalue weighted by Gasteiger charge is 1.90. The molecule has 0 aliphatic rings. The number of aryl methyl sites for hydroxylation is 2. The van der Waals surface area contributed by atoms with E-state index in [9.17, 15) is 4.79 Å². The SMILES string of the molecule is Cc1ccc(CC[C]=O)cc1. The molecule has 11 heavy (non-hydrogen) atoms. The van der Waals surface area contributed by atoms with Crippen LogP contribution >= 0.6 is 0 Å². The highest BCUT2D eigenvalue weighted by atomic mass is 16.1. The number of hydrogen-bond acceptors (Lipinski definition) is 1. The van der Waals surface area contributed by atoms with Crippen molar-refractivity contribution in [1.29, 1.82) is 0 Å². The van der Waals surface area contributed by atoms with Crippen molar-refractivity contribution in [2.24, 2.45) is 0 Å². The summed E-state index contributed by atoms with van der Waals surface area (Å²) in [6.07, 6.45) is 3.19. The summed E-state index contributed by atoms with van der Waals surface area (Å²) in [5.41, 5.74) is 2.46. The molecule has 0 unspecified atom stereocenters. The summed E-state index contributed by atoms with van der Waals surface area (Å²) >= 11 is 0. The van der Waals surface area contributed by atoms with Crippen molar-refractivity contribution in [3.05, 3.63) is 35.4 Å². The lowest BCUT2D eigenvalue weighted by atomic mass is 10.1. The summed E-state index contributed by atoms with van der Waals surface area (Å²) in [4.78, 5) is 9.92. The predicted octanol–water partition coefficient (Wildman–Crippen LogP) is 2.04. The van der Waals surface area contributed by atoms with Crippen molar-refractivity contribution in [2.45, 2.75) is 19.8 Å². The largest absolute Gasteiger partial charge is 0.291 e. The van der Waals surface area contributed by atoms with Crippen LogP contribution in [0, 0.1) is 6.92 Å². The Morgan fingerprint density at radius 1 is 1.27 bits per heavy atom. The molecule has 0 N–H and O–H groups in total. The number of carbonyl (C=O) groups excluding carboxylic acids is 1. The molecular weight excluding hydrogens is 136 g/mol. The molecule has 0 heterocycles. The third-order valence-electron chi connectivity index (χ3n) is 1.64. The van der Waals surface area contributed by atoms with E-state index in [2.05, 4.69) is 19.1 Å². The van der Waals surface area contributed by atoms with Crippen LogP contribution in [0.3, 0.4) is 0 Å². The average molecular weight is 147 g/mol. The first kappa shape index (κ1) is 7.99. The minimum absolute atomic E-state index is 0.503. The molecule has 0 aliphatic carbocycles. The highest BCUT2D eigenvalue weighted by molar-refractivity contribution is 5.51. The molecule has 1 heteroatoms. The van der Waals surface area contributed by atoms with Crippen molar-refractivity contribution in [3.8, 4) is 0 Å². The molecule has 0 aliphatic heterocycles. The van der Waals surface area contributed by atoms with Crippen molar-refractivity contribution < 1.29 is 4.79 Å². The second-order valence-corrected chi connectivity index (χ2v) is 2.63. The Kier molecular flexibility index (Phi) is 2.84. The molecule has 0 amide bonds. The van der Waals surface area contributed by atoms with Gasteiger partial charge in [-0.3, -0.25) is 4.79 Å². The van der Waals surface area contributed by atoms with Crippen LogP contribution in [0.2, 0.25) is 0 Å². The molecule has 0 bridgehead atoms. The van der Waals surface area contributed by atoms with E-state index in [-0.39, 0.29) is 0 Å². The summed E-state index contributed by atoms with van der Waals surface area (Å²) in [6.45, 7) is 2.05. The van der Waals surface area contributed by atoms with Gasteiger partial charge in [0.05, 0.1) is 0 Å². The lowest BCUT2D eigenvalue weighted by Crippen LogP contribution is -1.85. The smallest absolute Gasteiger partial charge is 0.198 e. The summed E-state index contributed by atoms with van der Waals surface area (Å²) in [5.74, 6) is 0. The van der Waals surface area contributed by atoms with Crippen molar-refractivity contribution in [1.82, 2.24) is 0 Å².